The summed E-state index contributed by atoms with van der Waals surface area (Å²) in [4.78, 5) is 0. The third-order valence-corrected chi connectivity index (χ3v) is 3.24. The van der Waals surface area contributed by atoms with Crippen LogP contribution in [0.3, 0.4) is 0 Å². The average molecular weight is 268 g/mol. The number of hydrogen-bond donors (Lipinski definition) is 1. The quantitative estimate of drug-likeness (QED) is 0.915. The van der Waals surface area contributed by atoms with Gasteiger partial charge in [-0.3, -0.25) is 0 Å². The van der Waals surface area contributed by atoms with Crippen LogP contribution in [0.25, 0.3) is 0 Å². The molecule has 0 aliphatic carbocycles. The number of hydrogen-bond acceptors (Lipinski definition) is 2. The van der Waals surface area contributed by atoms with E-state index in [4.69, 9.17) is 21.8 Å². The Labute approximate surface area is 111 Å². The lowest BCUT2D eigenvalue weighted by Gasteiger charge is -2.12. The minimum atomic E-state index is -0.396. The van der Waals surface area contributed by atoms with Crippen molar-refractivity contribution in [2.24, 2.45) is 5.73 Å². The van der Waals surface area contributed by atoms with Gasteiger partial charge in [0.25, 0.3) is 0 Å². The Balaban J connectivity index is 2.24. The predicted molar refractivity (Wildman–Crippen MR) is 70.2 cm³/mol. The van der Waals surface area contributed by atoms with E-state index < -0.39 is 5.82 Å². The largest absolute Gasteiger partial charge is 0.466 e. The summed E-state index contributed by atoms with van der Waals surface area (Å²) >= 11 is 5.74. The number of rotatable bonds is 3. The number of halogens is 2. The van der Waals surface area contributed by atoms with Crippen molar-refractivity contribution in [1.29, 1.82) is 0 Å². The van der Waals surface area contributed by atoms with Crippen molar-refractivity contribution in [3.05, 3.63) is 57.8 Å². The van der Waals surface area contributed by atoms with Gasteiger partial charge in [-0.1, -0.05) is 23.7 Å². The minimum absolute atomic E-state index is 0.125. The van der Waals surface area contributed by atoms with E-state index >= 15 is 0 Å². The van der Waals surface area contributed by atoms with Crippen LogP contribution in [0.5, 0.6) is 0 Å². The van der Waals surface area contributed by atoms with Crippen LogP contribution in [-0.2, 0) is 6.42 Å². The highest BCUT2D eigenvalue weighted by molar-refractivity contribution is 6.30. The van der Waals surface area contributed by atoms with E-state index in [1.807, 2.05) is 19.9 Å². The lowest BCUT2D eigenvalue weighted by atomic mass is 9.99. The van der Waals surface area contributed by atoms with E-state index in [9.17, 15) is 4.39 Å². The molecule has 0 bridgehead atoms. The van der Waals surface area contributed by atoms with Crippen LogP contribution in [0.4, 0.5) is 4.39 Å². The molecule has 96 valence electrons. The van der Waals surface area contributed by atoms with Crippen LogP contribution in [0.2, 0.25) is 5.02 Å². The van der Waals surface area contributed by atoms with E-state index in [0.717, 1.165) is 17.1 Å². The molecule has 1 atom stereocenters. The maximum atomic E-state index is 13.8. The molecule has 1 heterocycles. The van der Waals surface area contributed by atoms with E-state index in [0.29, 0.717) is 12.0 Å². The van der Waals surface area contributed by atoms with E-state index in [-0.39, 0.29) is 11.1 Å². The molecular weight excluding hydrogens is 253 g/mol. The highest BCUT2D eigenvalue weighted by atomic mass is 35.5. The Morgan fingerprint density at radius 3 is 2.72 bits per heavy atom. The Morgan fingerprint density at radius 2 is 2.11 bits per heavy atom. The van der Waals surface area contributed by atoms with Crippen molar-refractivity contribution in [3.63, 3.8) is 0 Å². The third-order valence-electron chi connectivity index (χ3n) is 2.95. The highest BCUT2D eigenvalue weighted by Crippen LogP contribution is 2.25. The molecule has 1 aromatic carbocycles. The molecule has 0 amide bonds. The van der Waals surface area contributed by atoms with Crippen LogP contribution >= 0.6 is 11.6 Å². The van der Waals surface area contributed by atoms with Crippen LogP contribution in [-0.4, -0.2) is 0 Å². The number of furan rings is 1. The zero-order chi connectivity index (χ0) is 13.3. The van der Waals surface area contributed by atoms with Crippen LogP contribution in [0.1, 0.15) is 28.7 Å². The molecule has 2 rings (SSSR count). The summed E-state index contributed by atoms with van der Waals surface area (Å²) in [6.07, 6.45) is 0.395. The Kier molecular flexibility index (Phi) is 3.73. The maximum absolute atomic E-state index is 13.8. The first kappa shape index (κ1) is 13.1. The monoisotopic (exact) mass is 267 g/mol. The SMILES string of the molecule is Cc1cc(C(N)Cc2cccc(Cl)c2F)c(C)o1. The topological polar surface area (TPSA) is 39.2 Å². The Morgan fingerprint density at radius 1 is 1.39 bits per heavy atom. The molecule has 2 N–H and O–H groups in total. The average Bonchev–Trinajstić information content (AvgIpc) is 2.64. The lowest BCUT2D eigenvalue weighted by molar-refractivity contribution is 0.496. The second-order valence-corrected chi connectivity index (χ2v) is 4.80. The zero-order valence-corrected chi connectivity index (χ0v) is 11.1. The van der Waals surface area contributed by atoms with Gasteiger partial charge in [0.05, 0.1) is 5.02 Å². The molecule has 0 aliphatic heterocycles. The number of nitrogens with two attached hydrogens (primary N) is 1. The standard InChI is InChI=1S/C14H15ClFNO/c1-8-6-11(9(2)18-8)13(17)7-10-4-3-5-12(15)14(10)16/h3-6,13H,7,17H2,1-2H3. The van der Waals surface area contributed by atoms with Crippen molar-refractivity contribution in [2.75, 3.05) is 0 Å². The maximum Gasteiger partial charge on any atom is 0.145 e. The molecule has 0 saturated carbocycles. The molecular formula is C14H15ClFNO. The van der Waals surface area contributed by atoms with Crippen molar-refractivity contribution < 1.29 is 8.81 Å². The van der Waals surface area contributed by atoms with E-state index in [2.05, 4.69) is 0 Å². The fourth-order valence-electron chi connectivity index (χ4n) is 2.07. The van der Waals surface area contributed by atoms with Gasteiger partial charge in [-0.2, -0.15) is 0 Å². The second kappa shape index (κ2) is 5.12. The molecule has 2 aromatic rings. The van der Waals surface area contributed by atoms with Gasteiger partial charge in [0.2, 0.25) is 0 Å². The molecule has 4 heteroatoms. The normalized spacial score (nSPS) is 12.7. The first-order valence-corrected chi connectivity index (χ1v) is 6.12. The summed E-state index contributed by atoms with van der Waals surface area (Å²) in [5.74, 6) is 1.19. The molecule has 2 nitrogen and oxygen atoms in total. The molecule has 0 spiro atoms. The molecule has 0 saturated heterocycles. The lowest BCUT2D eigenvalue weighted by Crippen LogP contribution is -2.14. The number of aryl methyl sites for hydroxylation is 2. The highest BCUT2D eigenvalue weighted by Gasteiger charge is 2.16. The van der Waals surface area contributed by atoms with Gasteiger partial charge in [0, 0.05) is 11.6 Å². The van der Waals surface area contributed by atoms with Gasteiger partial charge in [-0.25, -0.2) is 4.39 Å². The second-order valence-electron chi connectivity index (χ2n) is 4.39. The minimum Gasteiger partial charge on any atom is -0.466 e. The summed E-state index contributed by atoms with van der Waals surface area (Å²) in [7, 11) is 0. The summed E-state index contributed by atoms with van der Waals surface area (Å²) in [6.45, 7) is 3.72. The number of benzene rings is 1. The fourth-order valence-corrected chi connectivity index (χ4v) is 2.27. The summed E-state index contributed by atoms with van der Waals surface area (Å²) in [5, 5.41) is 0.125. The van der Waals surface area contributed by atoms with Gasteiger partial charge < -0.3 is 10.2 Å². The summed E-state index contributed by atoms with van der Waals surface area (Å²) < 4.78 is 19.2. The summed E-state index contributed by atoms with van der Waals surface area (Å²) in [6, 6.07) is 6.54. The van der Waals surface area contributed by atoms with Crippen molar-refractivity contribution in [1.82, 2.24) is 0 Å². The van der Waals surface area contributed by atoms with Crippen molar-refractivity contribution in [3.8, 4) is 0 Å². The molecule has 1 unspecified atom stereocenters. The smallest absolute Gasteiger partial charge is 0.145 e. The van der Waals surface area contributed by atoms with E-state index in [1.165, 1.54) is 6.07 Å². The first-order valence-electron chi connectivity index (χ1n) is 5.74. The molecule has 1 aromatic heterocycles. The van der Waals surface area contributed by atoms with Crippen LogP contribution < -0.4 is 5.73 Å². The van der Waals surface area contributed by atoms with Gasteiger partial charge in [-0.15, -0.1) is 0 Å². The van der Waals surface area contributed by atoms with Crippen LogP contribution in [0, 0.1) is 19.7 Å². The fraction of sp³-hybridized carbons (Fsp3) is 0.286. The van der Waals surface area contributed by atoms with Crippen molar-refractivity contribution in [2.45, 2.75) is 26.3 Å². The molecule has 0 radical (unpaired) electrons. The first-order chi connectivity index (χ1) is 8.49. The predicted octanol–water partition coefficient (Wildman–Crippen LogP) is 3.93. The zero-order valence-electron chi connectivity index (χ0n) is 10.3. The Hall–Kier alpha value is -1.32. The van der Waals surface area contributed by atoms with E-state index in [1.54, 1.807) is 12.1 Å². The van der Waals surface area contributed by atoms with Gasteiger partial charge in [0.1, 0.15) is 17.3 Å². The van der Waals surface area contributed by atoms with Crippen LogP contribution in [0.15, 0.2) is 28.7 Å². The van der Waals surface area contributed by atoms with Crippen molar-refractivity contribution >= 4 is 11.6 Å². The third kappa shape index (κ3) is 2.57. The Bertz CT molecular complexity index is 565. The molecule has 0 aliphatic rings. The van der Waals surface area contributed by atoms with Gasteiger partial charge in [0.15, 0.2) is 0 Å². The molecule has 18 heavy (non-hydrogen) atoms. The molecule has 0 fully saturated rings. The summed E-state index contributed by atoms with van der Waals surface area (Å²) in [5.41, 5.74) is 7.52. The van der Waals surface area contributed by atoms with Gasteiger partial charge >= 0.3 is 0 Å². The van der Waals surface area contributed by atoms with Gasteiger partial charge in [-0.05, 0) is 38.0 Å².